The molecule has 1 saturated carbocycles. The maximum absolute atomic E-state index is 12.1. The van der Waals surface area contributed by atoms with Crippen LogP contribution in [0.1, 0.15) is 39.0 Å². The molecule has 102 valence electrons. The molecule has 1 aromatic rings. The molecule has 1 aliphatic carbocycles. The molecule has 0 radical (unpaired) electrons. The standard InChI is InChI=1S/C13H17N3O2S/c1-10-15-19(17,18)13-9-14-8-7-12(13)16(10)11-5-3-2-4-6-11/h7-9,11H,2-6H2,1H3. The summed E-state index contributed by atoms with van der Waals surface area (Å²) in [5.74, 6) is 0.575. The first-order valence-electron chi connectivity index (χ1n) is 6.64. The molecule has 0 bridgehead atoms. The molecule has 1 aromatic heterocycles. The van der Waals surface area contributed by atoms with Gasteiger partial charge in [-0.15, -0.1) is 4.40 Å². The quantitative estimate of drug-likeness (QED) is 0.791. The Balaban J connectivity index is 2.10. The van der Waals surface area contributed by atoms with Crippen molar-refractivity contribution in [3.8, 4) is 0 Å². The van der Waals surface area contributed by atoms with E-state index in [1.807, 2.05) is 0 Å². The van der Waals surface area contributed by atoms with Crippen LogP contribution in [0, 0.1) is 0 Å². The molecule has 1 fully saturated rings. The second-order valence-electron chi connectivity index (χ2n) is 5.12. The summed E-state index contributed by atoms with van der Waals surface area (Å²) in [5.41, 5.74) is 0.731. The molecule has 0 amide bonds. The minimum atomic E-state index is -3.58. The Bertz CT molecular complexity index is 619. The lowest BCUT2D eigenvalue weighted by Gasteiger charge is -2.38. The monoisotopic (exact) mass is 279 g/mol. The molecule has 1 aliphatic heterocycles. The first-order chi connectivity index (χ1) is 9.09. The van der Waals surface area contributed by atoms with Crippen LogP contribution in [0.3, 0.4) is 0 Å². The van der Waals surface area contributed by atoms with Crippen LogP contribution in [0.15, 0.2) is 27.8 Å². The fourth-order valence-electron chi connectivity index (χ4n) is 3.01. The number of anilines is 1. The second-order valence-corrected chi connectivity index (χ2v) is 6.69. The van der Waals surface area contributed by atoms with Gasteiger partial charge >= 0.3 is 0 Å². The number of hydrogen-bond donors (Lipinski definition) is 0. The Hall–Kier alpha value is -1.43. The number of aromatic nitrogens is 1. The van der Waals surface area contributed by atoms with Gasteiger partial charge in [-0.05, 0) is 25.8 Å². The van der Waals surface area contributed by atoms with Gasteiger partial charge in [0.2, 0.25) is 0 Å². The number of pyridine rings is 1. The molecule has 2 aliphatic rings. The first-order valence-corrected chi connectivity index (χ1v) is 8.08. The van der Waals surface area contributed by atoms with Gasteiger partial charge in [0.15, 0.2) is 0 Å². The summed E-state index contributed by atoms with van der Waals surface area (Å²) in [6.45, 7) is 1.77. The van der Waals surface area contributed by atoms with Crippen molar-refractivity contribution < 1.29 is 8.42 Å². The number of amidine groups is 1. The van der Waals surface area contributed by atoms with E-state index in [1.54, 1.807) is 19.2 Å². The van der Waals surface area contributed by atoms with Gasteiger partial charge in [-0.1, -0.05) is 19.3 Å². The summed E-state index contributed by atoms with van der Waals surface area (Å²) in [5, 5.41) is 0. The van der Waals surface area contributed by atoms with Crippen LogP contribution in [-0.2, 0) is 10.0 Å². The van der Waals surface area contributed by atoms with Gasteiger partial charge < -0.3 is 4.90 Å². The Morgan fingerprint density at radius 1 is 1.26 bits per heavy atom. The molecular weight excluding hydrogens is 262 g/mol. The number of hydrogen-bond acceptors (Lipinski definition) is 4. The van der Waals surface area contributed by atoms with Crippen LogP contribution in [0.2, 0.25) is 0 Å². The van der Waals surface area contributed by atoms with Crippen molar-refractivity contribution in [1.29, 1.82) is 0 Å². The number of nitrogens with zero attached hydrogens (tertiary/aromatic N) is 3. The van der Waals surface area contributed by atoms with Crippen LogP contribution < -0.4 is 4.90 Å². The third kappa shape index (κ3) is 2.14. The lowest BCUT2D eigenvalue weighted by atomic mass is 9.93. The fraction of sp³-hybridized carbons (Fsp3) is 0.538. The van der Waals surface area contributed by atoms with E-state index in [0.29, 0.717) is 11.9 Å². The highest BCUT2D eigenvalue weighted by Crippen LogP contribution is 2.35. The van der Waals surface area contributed by atoms with Gasteiger partial charge in [0.05, 0.1) is 5.69 Å². The highest BCUT2D eigenvalue weighted by Gasteiger charge is 2.33. The van der Waals surface area contributed by atoms with E-state index in [9.17, 15) is 8.42 Å². The van der Waals surface area contributed by atoms with E-state index in [-0.39, 0.29) is 4.90 Å². The van der Waals surface area contributed by atoms with Gasteiger partial charge in [0.25, 0.3) is 10.0 Å². The van der Waals surface area contributed by atoms with E-state index in [2.05, 4.69) is 14.3 Å². The fourth-order valence-corrected chi connectivity index (χ4v) is 4.17. The summed E-state index contributed by atoms with van der Waals surface area (Å²) >= 11 is 0. The molecule has 6 heteroatoms. The molecule has 0 aromatic carbocycles. The Labute approximate surface area is 113 Å². The molecule has 3 rings (SSSR count). The summed E-state index contributed by atoms with van der Waals surface area (Å²) < 4.78 is 28.0. The Morgan fingerprint density at radius 2 is 2.00 bits per heavy atom. The predicted molar refractivity (Wildman–Crippen MR) is 73.9 cm³/mol. The van der Waals surface area contributed by atoms with Crippen molar-refractivity contribution in [2.45, 2.75) is 50.0 Å². The van der Waals surface area contributed by atoms with Crippen molar-refractivity contribution in [3.63, 3.8) is 0 Å². The Kier molecular flexibility index (Phi) is 3.05. The third-order valence-electron chi connectivity index (χ3n) is 3.84. The molecule has 19 heavy (non-hydrogen) atoms. The van der Waals surface area contributed by atoms with Gasteiger partial charge in [0.1, 0.15) is 10.7 Å². The zero-order chi connectivity index (χ0) is 13.5. The van der Waals surface area contributed by atoms with Gasteiger partial charge in [-0.2, -0.15) is 8.42 Å². The summed E-state index contributed by atoms with van der Waals surface area (Å²) in [7, 11) is -3.58. The topological polar surface area (TPSA) is 62.6 Å². The van der Waals surface area contributed by atoms with Gasteiger partial charge in [0, 0.05) is 18.4 Å². The molecule has 0 spiro atoms. The van der Waals surface area contributed by atoms with Crippen LogP contribution in [0.25, 0.3) is 0 Å². The molecular formula is C13H17N3O2S. The van der Waals surface area contributed by atoms with Crippen LogP contribution in [0.5, 0.6) is 0 Å². The maximum Gasteiger partial charge on any atom is 0.287 e. The smallest absolute Gasteiger partial charge is 0.287 e. The van der Waals surface area contributed by atoms with Crippen LogP contribution in [-0.4, -0.2) is 25.3 Å². The SMILES string of the molecule is CC1=NS(=O)(=O)c2cnccc2N1C1CCCCC1. The largest absolute Gasteiger partial charge is 0.325 e. The molecule has 5 nitrogen and oxygen atoms in total. The zero-order valence-corrected chi connectivity index (χ0v) is 11.7. The highest BCUT2D eigenvalue weighted by molar-refractivity contribution is 7.90. The highest BCUT2D eigenvalue weighted by atomic mass is 32.2. The third-order valence-corrected chi connectivity index (χ3v) is 5.22. The van der Waals surface area contributed by atoms with Gasteiger partial charge in [-0.3, -0.25) is 4.98 Å². The Morgan fingerprint density at radius 3 is 2.74 bits per heavy atom. The van der Waals surface area contributed by atoms with E-state index < -0.39 is 10.0 Å². The van der Waals surface area contributed by atoms with Crippen molar-refractivity contribution in [2.75, 3.05) is 4.90 Å². The van der Waals surface area contributed by atoms with Crippen molar-refractivity contribution in [2.24, 2.45) is 4.40 Å². The zero-order valence-electron chi connectivity index (χ0n) is 10.9. The second kappa shape index (κ2) is 4.59. The number of rotatable bonds is 1. The van der Waals surface area contributed by atoms with Gasteiger partial charge in [-0.25, -0.2) is 0 Å². The summed E-state index contributed by atoms with van der Waals surface area (Å²) in [6, 6.07) is 2.13. The molecule has 0 N–H and O–H groups in total. The summed E-state index contributed by atoms with van der Waals surface area (Å²) in [6.07, 6.45) is 8.88. The lowest BCUT2D eigenvalue weighted by Crippen LogP contribution is -2.43. The number of sulfonamides is 1. The van der Waals surface area contributed by atoms with E-state index in [0.717, 1.165) is 18.5 Å². The predicted octanol–water partition coefficient (Wildman–Crippen LogP) is 2.34. The van der Waals surface area contributed by atoms with E-state index in [4.69, 9.17) is 0 Å². The summed E-state index contributed by atoms with van der Waals surface area (Å²) in [4.78, 5) is 6.23. The van der Waals surface area contributed by atoms with E-state index in [1.165, 1.54) is 25.5 Å². The molecule has 0 atom stereocenters. The van der Waals surface area contributed by atoms with E-state index >= 15 is 0 Å². The van der Waals surface area contributed by atoms with Crippen molar-refractivity contribution in [1.82, 2.24) is 4.98 Å². The minimum Gasteiger partial charge on any atom is -0.325 e. The van der Waals surface area contributed by atoms with Crippen LogP contribution >= 0.6 is 0 Å². The van der Waals surface area contributed by atoms with Crippen molar-refractivity contribution in [3.05, 3.63) is 18.5 Å². The molecule has 0 unspecified atom stereocenters. The average molecular weight is 279 g/mol. The maximum atomic E-state index is 12.1. The first kappa shape index (κ1) is 12.6. The number of fused-ring (bicyclic) bond motifs is 1. The molecule has 0 saturated heterocycles. The van der Waals surface area contributed by atoms with Crippen LogP contribution in [0.4, 0.5) is 5.69 Å². The average Bonchev–Trinajstić information content (AvgIpc) is 2.39. The van der Waals surface area contributed by atoms with Crippen molar-refractivity contribution >= 4 is 21.5 Å². The minimum absolute atomic E-state index is 0.228. The normalized spacial score (nSPS) is 22.8. The lowest BCUT2D eigenvalue weighted by molar-refractivity contribution is 0.438. The molecule has 2 heterocycles.